The number of hydrogen-bond donors (Lipinski definition) is 3. The van der Waals surface area contributed by atoms with E-state index in [1.165, 1.54) is 12.6 Å². The van der Waals surface area contributed by atoms with Gasteiger partial charge in [-0.15, -0.1) is 0 Å². The molecule has 0 radical (unpaired) electrons. The van der Waals surface area contributed by atoms with Gasteiger partial charge in [0.15, 0.2) is 0 Å². The predicted molar refractivity (Wildman–Crippen MR) is 101 cm³/mol. The van der Waals surface area contributed by atoms with Gasteiger partial charge in [-0.05, 0) is 29.7 Å². The summed E-state index contributed by atoms with van der Waals surface area (Å²) >= 11 is 0. The Kier molecular flexibility index (Phi) is 5.84. The third kappa shape index (κ3) is 4.39. The van der Waals surface area contributed by atoms with E-state index in [2.05, 4.69) is 15.8 Å². The Morgan fingerprint density at radius 2 is 1.88 bits per heavy atom. The quantitative estimate of drug-likeness (QED) is 0.570. The number of phenolic OH excluding ortho intramolecular Hbond substituents is 1. The van der Waals surface area contributed by atoms with Crippen molar-refractivity contribution in [3.63, 3.8) is 0 Å². The number of phenols is 1. The van der Waals surface area contributed by atoms with Crippen molar-refractivity contribution >= 4 is 28.8 Å². The van der Waals surface area contributed by atoms with Gasteiger partial charge in [-0.3, -0.25) is 9.59 Å². The van der Waals surface area contributed by atoms with Crippen molar-refractivity contribution in [3.05, 3.63) is 42.0 Å². The fourth-order valence-corrected chi connectivity index (χ4v) is 3.30. The van der Waals surface area contributed by atoms with Crippen molar-refractivity contribution in [1.82, 2.24) is 10.7 Å². The first-order valence-electron chi connectivity index (χ1n) is 8.95. The first-order chi connectivity index (χ1) is 12.6. The number of hydrazone groups is 1. The van der Waals surface area contributed by atoms with Gasteiger partial charge in [0.05, 0.1) is 12.8 Å². The van der Waals surface area contributed by atoms with Gasteiger partial charge in [-0.1, -0.05) is 49.6 Å². The third-order valence-electron chi connectivity index (χ3n) is 4.73. The van der Waals surface area contributed by atoms with E-state index < -0.39 is 5.91 Å². The second kappa shape index (κ2) is 8.47. The number of hydrogen-bond acceptors (Lipinski definition) is 4. The molecular weight excluding hydrogens is 330 g/mol. The number of benzene rings is 2. The number of carbonyl (C=O) groups is 2. The highest BCUT2D eigenvalue weighted by molar-refractivity contribution is 6.02. The van der Waals surface area contributed by atoms with Gasteiger partial charge in [0.25, 0.3) is 5.91 Å². The molecule has 6 heteroatoms. The monoisotopic (exact) mass is 353 g/mol. The molecule has 0 unspecified atom stereocenters. The van der Waals surface area contributed by atoms with E-state index in [4.69, 9.17) is 0 Å². The van der Waals surface area contributed by atoms with Crippen LogP contribution in [0.15, 0.2) is 41.5 Å². The summed E-state index contributed by atoms with van der Waals surface area (Å²) in [6.07, 6.45) is 6.53. The lowest BCUT2D eigenvalue weighted by Crippen LogP contribution is -2.38. The Bertz CT molecular complexity index is 826. The summed E-state index contributed by atoms with van der Waals surface area (Å²) in [6.45, 7) is -0.103. The predicted octanol–water partition coefficient (Wildman–Crippen LogP) is 2.69. The molecule has 1 saturated carbocycles. The summed E-state index contributed by atoms with van der Waals surface area (Å²) in [5, 5.41) is 18.4. The first-order valence-corrected chi connectivity index (χ1v) is 8.95. The zero-order chi connectivity index (χ0) is 18.4. The first kappa shape index (κ1) is 17.9. The van der Waals surface area contributed by atoms with Crippen LogP contribution in [0, 0.1) is 5.92 Å². The fraction of sp³-hybridized carbons (Fsp3) is 0.350. The SMILES string of the molecule is O=C(CNC(=O)C1CCCCC1)NN=Cc1c(O)ccc2ccccc12. The molecule has 2 aromatic rings. The van der Waals surface area contributed by atoms with Gasteiger partial charge in [0, 0.05) is 11.5 Å². The Hall–Kier alpha value is -2.89. The molecule has 1 fully saturated rings. The Morgan fingerprint density at radius 3 is 2.69 bits per heavy atom. The van der Waals surface area contributed by atoms with Crippen molar-refractivity contribution in [3.8, 4) is 5.75 Å². The summed E-state index contributed by atoms with van der Waals surface area (Å²) in [5.74, 6) is -0.347. The summed E-state index contributed by atoms with van der Waals surface area (Å²) in [4.78, 5) is 23.9. The number of amides is 2. The number of rotatable bonds is 5. The zero-order valence-electron chi connectivity index (χ0n) is 14.6. The molecule has 0 aliphatic heterocycles. The van der Waals surface area contributed by atoms with E-state index >= 15 is 0 Å². The number of nitrogens with one attached hydrogen (secondary N) is 2. The molecule has 0 heterocycles. The van der Waals surface area contributed by atoms with Gasteiger partial charge in [0.1, 0.15) is 5.75 Å². The minimum absolute atomic E-state index is 0.0210. The van der Waals surface area contributed by atoms with E-state index in [9.17, 15) is 14.7 Å². The van der Waals surface area contributed by atoms with Crippen LogP contribution in [0.3, 0.4) is 0 Å². The van der Waals surface area contributed by atoms with E-state index in [1.807, 2.05) is 30.3 Å². The highest BCUT2D eigenvalue weighted by Gasteiger charge is 2.21. The second-order valence-electron chi connectivity index (χ2n) is 6.57. The van der Waals surface area contributed by atoms with Crippen molar-refractivity contribution < 1.29 is 14.7 Å². The Morgan fingerprint density at radius 1 is 1.12 bits per heavy atom. The average molecular weight is 353 g/mol. The summed E-state index contributed by atoms with van der Waals surface area (Å²) in [6, 6.07) is 11.0. The van der Waals surface area contributed by atoms with Gasteiger partial charge >= 0.3 is 0 Å². The maximum atomic E-state index is 12.0. The number of carbonyl (C=O) groups excluding carboxylic acids is 2. The van der Waals surface area contributed by atoms with Gasteiger partial charge in [-0.25, -0.2) is 5.43 Å². The van der Waals surface area contributed by atoms with Gasteiger partial charge in [0.2, 0.25) is 5.91 Å². The van der Waals surface area contributed by atoms with Crippen LogP contribution < -0.4 is 10.7 Å². The summed E-state index contributed by atoms with van der Waals surface area (Å²) < 4.78 is 0. The minimum atomic E-state index is -0.398. The Labute approximate surface area is 152 Å². The molecule has 0 atom stereocenters. The van der Waals surface area contributed by atoms with Crippen LogP contribution in [0.25, 0.3) is 10.8 Å². The zero-order valence-corrected chi connectivity index (χ0v) is 14.6. The number of fused-ring (bicyclic) bond motifs is 1. The number of aromatic hydroxyl groups is 1. The Balaban J connectivity index is 1.54. The lowest BCUT2D eigenvalue weighted by molar-refractivity contribution is -0.129. The molecule has 0 bridgehead atoms. The molecule has 2 amide bonds. The summed E-state index contributed by atoms with van der Waals surface area (Å²) in [5.41, 5.74) is 2.92. The van der Waals surface area contributed by atoms with Crippen LogP contribution in [0.2, 0.25) is 0 Å². The van der Waals surface area contributed by atoms with Crippen LogP contribution in [0.5, 0.6) is 5.75 Å². The maximum absolute atomic E-state index is 12.0. The maximum Gasteiger partial charge on any atom is 0.259 e. The van der Waals surface area contributed by atoms with Crippen molar-refractivity contribution in [2.75, 3.05) is 6.54 Å². The highest BCUT2D eigenvalue weighted by Crippen LogP contribution is 2.25. The molecule has 6 nitrogen and oxygen atoms in total. The number of nitrogens with zero attached hydrogens (tertiary/aromatic N) is 1. The fourth-order valence-electron chi connectivity index (χ4n) is 3.30. The van der Waals surface area contributed by atoms with Crippen molar-refractivity contribution in [2.24, 2.45) is 11.0 Å². The molecule has 136 valence electrons. The molecule has 1 aliphatic carbocycles. The van der Waals surface area contributed by atoms with E-state index in [0.717, 1.165) is 36.5 Å². The molecule has 0 aromatic heterocycles. The standard InChI is InChI=1S/C20H23N3O3/c24-18-11-10-14-6-4-5-9-16(14)17(18)12-22-23-19(25)13-21-20(26)15-7-2-1-3-8-15/h4-6,9-12,15,24H,1-3,7-8,13H2,(H,21,26)(H,23,25). The normalized spacial score (nSPS) is 15.2. The molecule has 0 spiro atoms. The van der Waals surface area contributed by atoms with Crippen molar-refractivity contribution in [2.45, 2.75) is 32.1 Å². The molecule has 3 N–H and O–H groups in total. The van der Waals surface area contributed by atoms with E-state index in [-0.39, 0.29) is 24.1 Å². The summed E-state index contributed by atoms with van der Waals surface area (Å²) in [7, 11) is 0. The minimum Gasteiger partial charge on any atom is -0.507 e. The molecule has 1 aliphatic rings. The third-order valence-corrected chi connectivity index (χ3v) is 4.73. The smallest absolute Gasteiger partial charge is 0.259 e. The van der Waals surface area contributed by atoms with E-state index in [0.29, 0.717) is 5.56 Å². The molecule has 3 rings (SSSR count). The molecular formula is C20H23N3O3. The molecule has 0 saturated heterocycles. The largest absolute Gasteiger partial charge is 0.507 e. The molecule has 26 heavy (non-hydrogen) atoms. The lowest BCUT2D eigenvalue weighted by Gasteiger charge is -2.20. The second-order valence-corrected chi connectivity index (χ2v) is 6.57. The topological polar surface area (TPSA) is 90.8 Å². The van der Waals surface area contributed by atoms with Crippen LogP contribution in [-0.2, 0) is 9.59 Å². The van der Waals surface area contributed by atoms with Gasteiger partial charge < -0.3 is 10.4 Å². The van der Waals surface area contributed by atoms with Crippen LogP contribution in [-0.4, -0.2) is 29.7 Å². The van der Waals surface area contributed by atoms with Crippen LogP contribution in [0.4, 0.5) is 0 Å². The highest BCUT2D eigenvalue weighted by atomic mass is 16.3. The van der Waals surface area contributed by atoms with Crippen LogP contribution >= 0.6 is 0 Å². The van der Waals surface area contributed by atoms with E-state index in [1.54, 1.807) is 6.07 Å². The van der Waals surface area contributed by atoms with Gasteiger partial charge in [-0.2, -0.15) is 5.10 Å². The van der Waals surface area contributed by atoms with Crippen molar-refractivity contribution in [1.29, 1.82) is 0 Å². The lowest BCUT2D eigenvalue weighted by atomic mass is 9.89. The molecule has 2 aromatic carbocycles. The van der Waals surface area contributed by atoms with Crippen LogP contribution in [0.1, 0.15) is 37.7 Å². The average Bonchev–Trinajstić information content (AvgIpc) is 2.68.